The minimum absolute atomic E-state index is 0.0635. The minimum atomic E-state index is -0.0635. The second kappa shape index (κ2) is 6.19. The molecule has 6 heteroatoms. The predicted molar refractivity (Wildman–Crippen MR) is 75.2 cm³/mol. The number of aromatic nitrogens is 5. The molecule has 2 atom stereocenters. The summed E-state index contributed by atoms with van der Waals surface area (Å²) in [7, 11) is 0. The average molecular weight is 282 g/mol. The lowest BCUT2D eigenvalue weighted by molar-refractivity contribution is 0.470. The molecule has 0 saturated carbocycles. The van der Waals surface area contributed by atoms with Gasteiger partial charge in [-0.05, 0) is 25.8 Å². The van der Waals surface area contributed by atoms with E-state index in [1.54, 1.807) is 4.68 Å². The first kappa shape index (κ1) is 14.1. The molecule has 5 nitrogen and oxygen atoms in total. The number of alkyl halides is 1. The van der Waals surface area contributed by atoms with Crippen LogP contribution in [0.5, 0.6) is 0 Å². The van der Waals surface area contributed by atoms with Crippen molar-refractivity contribution in [3.63, 3.8) is 0 Å². The Bertz CT molecular complexity index is 472. The van der Waals surface area contributed by atoms with Crippen molar-refractivity contribution in [2.75, 3.05) is 0 Å². The zero-order chi connectivity index (χ0) is 13.8. The molecule has 2 heterocycles. The fraction of sp³-hybridized carbons (Fsp3) is 0.615. The SMILES string of the molecule is CCC(Cl)c1cn(Cc2ccn(C(C)CC)n2)nn1. The maximum atomic E-state index is 6.14. The summed E-state index contributed by atoms with van der Waals surface area (Å²) in [4.78, 5) is 0. The van der Waals surface area contributed by atoms with Gasteiger partial charge in [0.05, 0.1) is 23.8 Å². The average Bonchev–Trinajstić information content (AvgIpc) is 3.07. The zero-order valence-electron chi connectivity index (χ0n) is 11.6. The van der Waals surface area contributed by atoms with Gasteiger partial charge in [-0.2, -0.15) is 5.10 Å². The molecule has 0 aliphatic carbocycles. The Labute approximate surface area is 118 Å². The Hall–Kier alpha value is -1.36. The highest BCUT2D eigenvalue weighted by molar-refractivity contribution is 6.20. The zero-order valence-corrected chi connectivity index (χ0v) is 12.4. The molecule has 0 N–H and O–H groups in total. The first-order valence-corrected chi connectivity index (χ1v) is 7.15. The van der Waals surface area contributed by atoms with E-state index in [2.05, 4.69) is 29.3 Å². The molecule has 0 spiro atoms. The summed E-state index contributed by atoms with van der Waals surface area (Å²) < 4.78 is 3.77. The van der Waals surface area contributed by atoms with E-state index in [9.17, 15) is 0 Å². The van der Waals surface area contributed by atoms with Crippen LogP contribution in [0.15, 0.2) is 18.5 Å². The Kier molecular flexibility index (Phi) is 4.58. The van der Waals surface area contributed by atoms with Crippen LogP contribution in [0.1, 0.15) is 56.4 Å². The maximum Gasteiger partial charge on any atom is 0.101 e. The second-order valence-corrected chi connectivity index (χ2v) is 5.29. The van der Waals surface area contributed by atoms with Crippen LogP contribution in [0, 0.1) is 0 Å². The summed E-state index contributed by atoms with van der Waals surface area (Å²) in [6.07, 6.45) is 5.82. The van der Waals surface area contributed by atoms with E-state index in [0.29, 0.717) is 12.6 Å². The third kappa shape index (κ3) is 3.35. The van der Waals surface area contributed by atoms with Gasteiger partial charge in [0, 0.05) is 12.2 Å². The minimum Gasteiger partial charge on any atom is -0.270 e. The van der Waals surface area contributed by atoms with Crippen molar-refractivity contribution in [1.29, 1.82) is 0 Å². The van der Waals surface area contributed by atoms with E-state index >= 15 is 0 Å². The largest absolute Gasteiger partial charge is 0.270 e. The molecule has 104 valence electrons. The van der Waals surface area contributed by atoms with Crippen molar-refractivity contribution >= 4 is 11.6 Å². The van der Waals surface area contributed by atoms with E-state index in [4.69, 9.17) is 11.6 Å². The molecular weight excluding hydrogens is 262 g/mol. The van der Waals surface area contributed by atoms with Gasteiger partial charge >= 0.3 is 0 Å². The van der Waals surface area contributed by atoms with Crippen LogP contribution in [0.4, 0.5) is 0 Å². The molecule has 0 bridgehead atoms. The fourth-order valence-electron chi connectivity index (χ4n) is 1.80. The quantitative estimate of drug-likeness (QED) is 0.764. The molecule has 19 heavy (non-hydrogen) atoms. The van der Waals surface area contributed by atoms with E-state index in [-0.39, 0.29) is 5.38 Å². The molecule has 0 aliphatic heterocycles. The number of nitrogens with zero attached hydrogens (tertiary/aromatic N) is 5. The van der Waals surface area contributed by atoms with Crippen LogP contribution in [0.25, 0.3) is 0 Å². The monoisotopic (exact) mass is 281 g/mol. The van der Waals surface area contributed by atoms with Crippen LogP contribution >= 0.6 is 11.6 Å². The van der Waals surface area contributed by atoms with Crippen molar-refractivity contribution in [2.24, 2.45) is 0 Å². The highest BCUT2D eigenvalue weighted by Crippen LogP contribution is 2.20. The van der Waals surface area contributed by atoms with Gasteiger partial charge in [-0.1, -0.05) is 19.1 Å². The van der Waals surface area contributed by atoms with Crippen LogP contribution in [-0.4, -0.2) is 24.8 Å². The maximum absolute atomic E-state index is 6.14. The summed E-state index contributed by atoms with van der Waals surface area (Å²) in [6.45, 7) is 6.97. The molecule has 0 saturated heterocycles. The lowest BCUT2D eigenvalue weighted by atomic mass is 10.3. The first-order chi connectivity index (χ1) is 9.13. The highest BCUT2D eigenvalue weighted by Gasteiger charge is 2.11. The van der Waals surface area contributed by atoms with Crippen molar-refractivity contribution < 1.29 is 0 Å². The summed E-state index contributed by atoms with van der Waals surface area (Å²) in [5.41, 5.74) is 1.81. The molecule has 0 radical (unpaired) electrons. The molecule has 0 amide bonds. The van der Waals surface area contributed by atoms with Gasteiger partial charge in [0.1, 0.15) is 5.69 Å². The normalized spacial score (nSPS) is 14.5. The fourth-order valence-corrected chi connectivity index (χ4v) is 1.90. The molecule has 2 aromatic rings. The van der Waals surface area contributed by atoms with Crippen molar-refractivity contribution in [3.8, 4) is 0 Å². The van der Waals surface area contributed by atoms with E-state index < -0.39 is 0 Å². The summed E-state index contributed by atoms with van der Waals surface area (Å²) in [6, 6.07) is 2.44. The van der Waals surface area contributed by atoms with Crippen molar-refractivity contribution in [2.45, 2.75) is 51.6 Å². The van der Waals surface area contributed by atoms with Crippen molar-refractivity contribution in [3.05, 3.63) is 29.8 Å². The summed E-state index contributed by atoms with van der Waals surface area (Å²) in [5.74, 6) is 0. The molecule has 0 aromatic carbocycles. The molecule has 0 aliphatic rings. The van der Waals surface area contributed by atoms with E-state index in [1.807, 2.05) is 30.1 Å². The Morgan fingerprint density at radius 1 is 1.32 bits per heavy atom. The predicted octanol–water partition coefficient (Wildman–Crippen LogP) is 3.18. The number of rotatable bonds is 6. The third-order valence-corrected chi connectivity index (χ3v) is 3.80. The summed E-state index contributed by atoms with van der Waals surface area (Å²) in [5, 5.41) is 12.7. The van der Waals surface area contributed by atoms with Gasteiger partial charge in [0.2, 0.25) is 0 Å². The number of halogens is 1. The van der Waals surface area contributed by atoms with Crippen LogP contribution in [-0.2, 0) is 6.54 Å². The summed E-state index contributed by atoms with van der Waals surface area (Å²) >= 11 is 6.14. The topological polar surface area (TPSA) is 48.5 Å². The van der Waals surface area contributed by atoms with E-state index in [0.717, 1.165) is 24.2 Å². The Balaban J connectivity index is 2.04. The van der Waals surface area contributed by atoms with Gasteiger partial charge in [0.15, 0.2) is 0 Å². The lowest BCUT2D eigenvalue weighted by Crippen LogP contribution is -2.06. The van der Waals surface area contributed by atoms with Gasteiger partial charge in [0.25, 0.3) is 0 Å². The van der Waals surface area contributed by atoms with Gasteiger partial charge in [-0.15, -0.1) is 16.7 Å². The standard InChI is InChI=1S/C13H20ClN5/c1-4-10(3)19-7-6-11(16-19)8-18-9-13(15-17-18)12(14)5-2/h6-7,9-10,12H,4-5,8H2,1-3H3. The Morgan fingerprint density at radius 3 is 2.79 bits per heavy atom. The molecule has 2 aromatic heterocycles. The van der Waals surface area contributed by atoms with Gasteiger partial charge < -0.3 is 0 Å². The van der Waals surface area contributed by atoms with Crippen LogP contribution < -0.4 is 0 Å². The van der Waals surface area contributed by atoms with Gasteiger partial charge in [-0.3, -0.25) is 4.68 Å². The van der Waals surface area contributed by atoms with Crippen LogP contribution in [0.2, 0.25) is 0 Å². The second-order valence-electron chi connectivity index (χ2n) is 4.76. The molecule has 2 unspecified atom stereocenters. The number of hydrogen-bond acceptors (Lipinski definition) is 3. The Morgan fingerprint density at radius 2 is 2.11 bits per heavy atom. The smallest absolute Gasteiger partial charge is 0.101 e. The van der Waals surface area contributed by atoms with Gasteiger partial charge in [-0.25, -0.2) is 4.68 Å². The van der Waals surface area contributed by atoms with Crippen molar-refractivity contribution in [1.82, 2.24) is 24.8 Å². The van der Waals surface area contributed by atoms with E-state index in [1.165, 1.54) is 0 Å². The molecular formula is C13H20ClN5. The third-order valence-electron chi connectivity index (χ3n) is 3.27. The molecule has 0 fully saturated rings. The lowest BCUT2D eigenvalue weighted by Gasteiger charge is -2.08. The molecule has 2 rings (SSSR count). The van der Waals surface area contributed by atoms with Crippen LogP contribution in [0.3, 0.4) is 0 Å². The number of hydrogen-bond donors (Lipinski definition) is 0. The highest BCUT2D eigenvalue weighted by atomic mass is 35.5. The first-order valence-electron chi connectivity index (χ1n) is 6.72.